The molecule has 1 fully saturated rings. The molecule has 5 aromatic rings. The third-order valence-corrected chi connectivity index (χ3v) is 11.7. The van der Waals surface area contributed by atoms with Gasteiger partial charge in [0.25, 0.3) is 0 Å². The minimum Gasteiger partial charge on any atom is -0.369 e. The van der Waals surface area contributed by atoms with Gasteiger partial charge >= 0.3 is 0 Å². The molecule has 14 heteroatoms. The summed E-state index contributed by atoms with van der Waals surface area (Å²) in [5.74, 6) is -4.37. The Morgan fingerprint density at radius 1 is 0.750 bits per heavy atom. The van der Waals surface area contributed by atoms with Crippen molar-refractivity contribution in [2.45, 2.75) is 88.9 Å². The van der Waals surface area contributed by atoms with E-state index in [-0.39, 0.29) is 43.8 Å². The summed E-state index contributed by atoms with van der Waals surface area (Å²) in [6.45, 7) is 2.31. The van der Waals surface area contributed by atoms with Crippen LogP contribution < -0.4 is 27.8 Å². The Labute approximate surface area is 349 Å². The van der Waals surface area contributed by atoms with Crippen molar-refractivity contribution < 1.29 is 28.8 Å². The van der Waals surface area contributed by atoms with Crippen molar-refractivity contribution in [2.24, 2.45) is 29.0 Å². The second kappa shape index (κ2) is 20.2. The predicted molar refractivity (Wildman–Crippen MR) is 230 cm³/mol. The van der Waals surface area contributed by atoms with E-state index in [9.17, 15) is 28.8 Å². The third-order valence-electron chi connectivity index (χ3n) is 11.7. The van der Waals surface area contributed by atoms with E-state index in [0.29, 0.717) is 38.8 Å². The van der Waals surface area contributed by atoms with Crippen LogP contribution in [0.15, 0.2) is 91.3 Å². The number of fused-ring (bicyclic) bond motifs is 2. The highest BCUT2D eigenvalue weighted by atomic mass is 16.2. The molecule has 0 unspecified atom stereocenters. The topological polar surface area (TPSA) is 239 Å². The lowest BCUT2D eigenvalue weighted by Crippen LogP contribution is -2.53. The number of carbonyl (C=O) groups excluding carboxylic acids is 6. The van der Waals surface area contributed by atoms with Crippen LogP contribution in [0.1, 0.15) is 62.1 Å². The fourth-order valence-corrected chi connectivity index (χ4v) is 8.17. The number of hydrogen-bond acceptors (Lipinski definition) is 8. The molecule has 0 saturated carbocycles. The lowest BCUT2D eigenvalue weighted by molar-refractivity contribution is -0.139. The molecule has 3 heterocycles. The first-order valence-electron chi connectivity index (χ1n) is 20.8. The quantitative estimate of drug-likeness (QED) is 0.0510. The van der Waals surface area contributed by atoms with Crippen LogP contribution in [-0.2, 0) is 48.0 Å². The minimum atomic E-state index is -1.03. The molecular weight excluding hydrogens is 761 g/mol. The average Bonchev–Trinajstić information content (AvgIpc) is 3.95. The fourth-order valence-electron chi connectivity index (χ4n) is 8.17. The van der Waals surface area contributed by atoms with Crippen LogP contribution in [-0.4, -0.2) is 87.3 Å². The maximum atomic E-state index is 14.5. The second-order valence-corrected chi connectivity index (χ2v) is 16.0. The highest BCUT2D eigenvalue weighted by Gasteiger charge is 2.39. The summed E-state index contributed by atoms with van der Waals surface area (Å²) in [5, 5.41) is 7.61. The predicted octanol–water partition coefficient (Wildman–Crippen LogP) is 3.36. The van der Waals surface area contributed by atoms with Gasteiger partial charge in [-0.25, -0.2) is 0 Å². The van der Waals surface area contributed by atoms with Gasteiger partial charge in [0, 0.05) is 71.8 Å². The van der Waals surface area contributed by atoms with Crippen molar-refractivity contribution in [3.05, 3.63) is 108 Å². The number of hydrogen-bond donors (Lipinski definition) is 7. The zero-order chi connectivity index (χ0) is 42.8. The standard InChI is InChI=1S/C46H56N8O6/c1-28(52-45(59)40(54-20-18-36(48)46(54)60)23-33-27-51-38-17-8-6-15-35(33)38)41(55)25-31(22-32-26-50-37-16-7-5-14-34(32)37)44(58)53-39(21-29-11-3-2-4-12-29)42(56)24-30(43(49)57)13-9-10-19-47/h2-8,11-12,14-17,26-28,30-31,36,39-40,50-51H,9-10,13,18-25,47-48H2,1H3,(H2,49,57)(H,52,59)(H,53,58)/t28-,30+,31+,36-,39+,40+/m0/s1. The molecule has 0 bridgehead atoms. The number of benzene rings is 3. The number of likely N-dealkylation sites (tertiary alicyclic amines) is 1. The van der Waals surface area contributed by atoms with Crippen molar-refractivity contribution in [2.75, 3.05) is 13.1 Å². The smallest absolute Gasteiger partial charge is 0.243 e. The van der Waals surface area contributed by atoms with Crippen molar-refractivity contribution in [1.29, 1.82) is 0 Å². The third kappa shape index (κ3) is 10.7. The molecule has 0 radical (unpaired) electrons. The van der Waals surface area contributed by atoms with Crippen LogP contribution in [0.25, 0.3) is 21.8 Å². The maximum absolute atomic E-state index is 14.5. The second-order valence-electron chi connectivity index (χ2n) is 16.0. The molecule has 0 aliphatic carbocycles. The van der Waals surface area contributed by atoms with E-state index < -0.39 is 59.5 Å². The Morgan fingerprint density at radius 3 is 1.95 bits per heavy atom. The summed E-state index contributed by atoms with van der Waals surface area (Å²) in [6, 6.07) is 20.8. The van der Waals surface area contributed by atoms with Crippen LogP contribution in [0.4, 0.5) is 0 Å². The molecule has 10 N–H and O–H groups in total. The first-order chi connectivity index (χ1) is 28.9. The lowest BCUT2D eigenvalue weighted by Gasteiger charge is -2.28. The van der Waals surface area contributed by atoms with Crippen molar-refractivity contribution in [3.8, 4) is 0 Å². The first kappa shape index (κ1) is 43.5. The van der Waals surface area contributed by atoms with Crippen molar-refractivity contribution >= 4 is 57.0 Å². The van der Waals surface area contributed by atoms with Gasteiger partial charge in [-0.05, 0) is 74.4 Å². The molecule has 6 rings (SSSR count). The molecule has 60 heavy (non-hydrogen) atoms. The summed E-state index contributed by atoms with van der Waals surface area (Å²) in [6.07, 6.45) is 5.83. The molecule has 14 nitrogen and oxygen atoms in total. The number of rotatable bonds is 22. The summed E-state index contributed by atoms with van der Waals surface area (Å²) < 4.78 is 0. The summed E-state index contributed by atoms with van der Waals surface area (Å²) >= 11 is 0. The number of unbranched alkanes of at least 4 members (excludes halogenated alkanes) is 1. The van der Waals surface area contributed by atoms with E-state index >= 15 is 0 Å². The highest BCUT2D eigenvalue weighted by Crippen LogP contribution is 2.26. The number of Topliss-reactive ketones (excluding diaryl/α,β-unsaturated/α-hetero) is 2. The van der Waals surface area contributed by atoms with Crippen LogP contribution in [0.5, 0.6) is 0 Å². The van der Waals surface area contributed by atoms with Crippen LogP contribution >= 0.6 is 0 Å². The number of carbonyl (C=O) groups is 6. The van der Waals surface area contributed by atoms with Crippen LogP contribution in [0, 0.1) is 11.8 Å². The number of aromatic nitrogens is 2. The number of nitrogens with zero attached hydrogens (tertiary/aromatic N) is 1. The molecule has 0 spiro atoms. The van der Waals surface area contributed by atoms with E-state index in [1.807, 2.05) is 85.1 Å². The largest absolute Gasteiger partial charge is 0.369 e. The van der Waals surface area contributed by atoms with Crippen molar-refractivity contribution in [3.63, 3.8) is 0 Å². The molecule has 1 aliphatic rings. The Bertz CT molecular complexity index is 2300. The Hall–Kier alpha value is -6.12. The fraction of sp³-hybridized carbons (Fsp3) is 0.391. The summed E-state index contributed by atoms with van der Waals surface area (Å²) in [4.78, 5) is 90.3. The van der Waals surface area contributed by atoms with Gasteiger partial charge < -0.3 is 42.7 Å². The number of ketones is 2. The minimum absolute atomic E-state index is 0.154. The monoisotopic (exact) mass is 816 g/mol. The van der Waals surface area contributed by atoms with E-state index in [1.165, 1.54) is 4.90 Å². The zero-order valence-corrected chi connectivity index (χ0v) is 34.0. The molecule has 316 valence electrons. The molecular formula is C46H56N8O6. The van der Waals surface area contributed by atoms with E-state index in [1.54, 1.807) is 13.1 Å². The number of amides is 4. The first-order valence-corrected chi connectivity index (χ1v) is 20.8. The molecule has 6 atom stereocenters. The van der Waals surface area contributed by atoms with E-state index in [0.717, 1.165) is 38.5 Å². The normalized spacial score (nSPS) is 16.6. The van der Waals surface area contributed by atoms with Gasteiger partial charge in [0.2, 0.25) is 23.6 Å². The Balaban J connectivity index is 1.23. The van der Waals surface area contributed by atoms with Crippen LogP contribution in [0.2, 0.25) is 0 Å². The van der Waals surface area contributed by atoms with Gasteiger partial charge in [-0.1, -0.05) is 73.2 Å². The average molecular weight is 817 g/mol. The number of aromatic amines is 2. The van der Waals surface area contributed by atoms with Gasteiger partial charge in [0.1, 0.15) is 6.04 Å². The van der Waals surface area contributed by atoms with Gasteiger partial charge in [0.15, 0.2) is 11.6 Å². The van der Waals surface area contributed by atoms with Gasteiger partial charge in [-0.3, -0.25) is 28.8 Å². The maximum Gasteiger partial charge on any atom is 0.243 e. The zero-order valence-electron chi connectivity index (χ0n) is 34.0. The number of para-hydroxylation sites is 2. The SMILES string of the molecule is C[C@H](NC(=O)[C@@H](Cc1c[nH]c2ccccc12)N1CC[C@H](N)C1=O)C(=O)C[C@@H](Cc1c[nH]c2ccccc12)C(=O)N[C@H](Cc1ccccc1)C(=O)C[C@@H](CCCCN)C(N)=O. The number of primary amides is 1. The lowest BCUT2D eigenvalue weighted by atomic mass is 9.88. The number of nitrogens with two attached hydrogens (primary N) is 3. The number of H-pyrrole nitrogens is 2. The number of nitrogens with one attached hydrogen (secondary N) is 4. The molecule has 2 aromatic heterocycles. The molecule has 1 saturated heterocycles. The van der Waals surface area contributed by atoms with E-state index in [4.69, 9.17) is 17.2 Å². The van der Waals surface area contributed by atoms with Crippen LogP contribution in [0.3, 0.4) is 0 Å². The summed E-state index contributed by atoms with van der Waals surface area (Å²) in [5.41, 5.74) is 21.7. The van der Waals surface area contributed by atoms with Gasteiger partial charge in [-0.2, -0.15) is 0 Å². The molecule has 4 amide bonds. The van der Waals surface area contributed by atoms with E-state index in [2.05, 4.69) is 20.6 Å². The Morgan fingerprint density at radius 2 is 1.35 bits per heavy atom. The highest BCUT2D eigenvalue weighted by molar-refractivity contribution is 5.98. The van der Waals surface area contributed by atoms with Gasteiger partial charge in [0.05, 0.1) is 18.1 Å². The molecule has 3 aromatic carbocycles. The summed E-state index contributed by atoms with van der Waals surface area (Å²) in [7, 11) is 0. The Kier molecular flexibility index (Phi) is 14.7. The molecule has 1 aliphatic heterocycles. The van der Waals surface area contributed by atoms with Gasteiger partial charge in [-0.15, -0.1) is 0 Å². The van der Waals surface area contributed by atoms with Crippen molar-refractivity contribution in [1.82, 2.24) is 25.5 Å².